The topological polar surface area (TPSA) is 15.3 Å². The largest absolute Gasteiger partial charge is 0.314 e. The van der Waals surface area contributed by atoms with Crippen LogP contribution in [0.3, 0.4) is 0 Å². The highest BCUT2D eigenvalue weighted by atomic mass is 32.2. The number of rotatable bonds is 7. The maximum Gasteiger partial charge on any atom is 0.00726 e. The van der Waals surface area contributed by atoms with Gasteiger partial charge < -0.3 is 10.2 Å². The number of hydrogen-bond acceptors (Lipinski definition) is 3. The monoisotopic (exact) mass is 272 g/mol. The van der Waals surface area contributed by atoms with E-state index < -0.39 is 0 Å². The number of hydrogen-bond donors (Lipinski definition) is 1. The number of nitrogens with zero attached hydrogens (tertiary/aromatic N) is 1. The second-order valence-corrected chi connectivity index (χ2v) is 7.21. The summed E-state index contributed by atoms with van der Waals surface area (Å²) in [5.74, 6) is 2.67. The fraction of sp³-hybridized carbons (Fsp3) is 1.00. The molecule has 0 aromatic rings. The molecule has 0 bridgehead atoms. The van der Waals surface area contributed by atoms with Crippen molar-refractivity contribution in [2.75, 3.05) is 37.7 Å². The minimum atomic E-state index is 0.472. The van der Waals surface area contributed by atoms with Crippen LogP contribution >= 0.6 is 11.8 Å². The molecule has 108 valence electrons. The Morgan fingerprint density at radius 2 is 1.89 bits per heavy atom. The lowest BCUT2D eigenvalue weighted by Crippen LogP contribution is -2.45. The van der Waals surface area contributed by atoms with Crippen molar-refractivity contribution in [3.8, 4) is 0 Å². The summed E-state index contributed by atoms with van der Waals surface area (Å²) in [7, 11) is 0. The van der Waals surface area contributed by atoms with Gasteiger partial charge >= 0.3 is 0 Å². The van der Waals surface area contributed by atoms with Crippen LogP contribution in [0.2, 0.25) is 0 Å². The zero-order valence-electron chi connectivity index (χ0n) is 12.8. The first-order valence-electron chi connectivity index (χ1n) is 7.65. The summed E-state index contributed by atoms with van der Waals surface area (Å²) in [4.78, 5) is 2.70. The van der Waals surface area contributed by atoms with Crippen molar-refractivity contribution in [3.63, 3.8) is 0 Å². The van der Waals surface area contributed by atoms with Gasteiger partial charge in [0.05, 0.1) is 0 Å². The lowest BCUT2D eigenvalue weighted by atomic mass is 9.81. The van der Waals surface area contributed by atoms with Gasteiger partial charge in [-0.1, -0.05) is 27.7 Å². The molecule has 1 aliphatic rings. The molecule has 0 atom stereocenters. The Morgan fingerprint density at radius 1 is 1.17 bits per heavy atom. The van der Waals surface area contributed by atoms with Crippen molar-refractivity contribution < 1.29 is 0 Å². The highest BCUT2D eigenvalue weighted by Crippen LogP contribution is 2.28. The number of nitrogens with one attached hydrogen (secondary N) is 1. The molecule has 0 aliphatic carbocycles. The molecule has 1 rings (SSSR count). The summed E-state index contributed by atoms with van der Waals surface area (Å²) in [6, 6.07) is 0.599. The van der Waals surface area contributed by atoms with E-state index >= 15 is 0 Å². The van der Waals surface area contributed by atoms with E-state index in [1.807, 2.05) is 0 Å². The van der Waals surface area contributed by atoms with Gasteiger partial charge in [0, 0.05) is 31.4 Å². The van der Waals surface area contributed by atoms with E-state index in [9.17, 15) is 0 Å². The standard InChI is InChI=1S/C15H32N2S/c1-5-15(6-2,12-16-14(3)4)13-17-8-7-10-18-11-9-17/h14,16H,5-13H2,1-4H3. The van der Waals surface area contributed by atoms with E-state index in [1.54, 1.807) is 0 Å². The van der Waals surface area contributed by atoms with Crippen molar-refractivity contribution in [2.24, 2.45) is 5.41 Å². The van der Waals surface area contributed by atoms with Gasteiger partial charge in [-0.3, -0.25) is 0 Å². The van der Waals surface area contributed by atoms with Crippen LogP contribution in [0.1, 0.15) is 47.0 Å². The third-order valence-corrected chi connectivity index (χ3v) is 5.31. The van der Waals surface area contributed by atoms with Crippen LogP contribution in [0, 0.1) is 5.41 Å². The molecular weight excluding hydrogens is 240 g/mol. The minimum Gasteiger partial charge on any atom is -0.314 e. The maximum absolute atomic E-state index is 3.66. The van der Waals surface area contributed by atoms with Crippen molar-refractivity contribution in [1.82, 2.24) is 10.2 Å². The zero-order valence-corrected chi connectivity index (χ0v) is 13.6. The molecular formula is C15H32N2S. The van der Waals surface area contributed by atoms with Crippen LogP contribution in [0.15, 0.2) is 0 Å². The van der Waals surface area contributed by atoms with Gasteiger partial charge in [0.1, 0.15) is 0 Å². The van der Waals surface area contributed by atoms with E-state index in [2.05, 4.69) is 49.7 Å². The fourth-order valence-electron chi connectivity index (χ4n) is 2.63. The van der Waals surface area contributed by atoms with E-state index in [-0.39, 0.29) is 0 Å². The van der Waals surface area contributed by atoms with Gasteiger partial charge in [-0.2, -0.15) is 11.8 Å². The summed E-state index contributed by atoms with van der Waals surface area (Å²) in [6.45, 7) is 14.2. The molecule has 2 nitrogen and oxygen atoms in total. The third-order valence-electron chi connectivity index (χ3n) is 4.26. The van der Waals surface area contributed by atoms with Gasteiger partial charge in [-0.25, -0.2) is 0 Å². The molecule has 18 heavy (non-hydrogen) atoms. The van der Waals surface area contributed by atoms with Crippen LogP contribution < -0.4 is 5.32 Å². The molecule has 0 saturated carbocycles. The summed E-state index contributed by atoms with van der Waals surface area (Å²) in [5, 5.41) is 3.66. The van der Waals surface area contributed by atoms with Crippen LogP contribution in [0.25, 0.3) is 0 Å². The van der Waals surface area contributed by atoms with Crippen molar-refractivity contribution in [3.05, 3.63) is 0 Å². The van der Waals surface area contributed by atoms with Gasteiger partial charge in [0.2, 0.25) is 0 Å². The molecule has 0 unspecified atom stereocenters. The second-order valence-electron chi connectivity index (χ2n) is 5.98. The van der Waals surface area contributed by atoms with Gasteiger partial charge in [-0.15, -0.1) is 0 Å². The molecule has 1 heterocycles. The van der Waals surface area contributed by atoms with Crippen LogP contribution in [0.4, 0.5) is 0 Å². The summed E-state index contributed by atoms with van der Waals surface area (Å²) in [6.07, 6.45) is 3.94. The Balaban J connectivity index is 2.53. The van der Waals surface area contributed by atoms with E-state index in [0.29, 0.717) is 11.5 Å². The van der Waals surface area contributed by atoms with Crippen molar-refractivity contribution >= 4 is 11.8 Å². The predicted molar refractivity (Wildman–Crippen MR) is 84.5 cm³/mol. The first-order chi connectivity index (χ1) is 8.62. The Hall–Kier alpha value is 0.270. The summed E-state index contributed by atoms with van der Waals surface area (Å²) >= 11 is 2.12. The van der Waals surface area contributed by atoms with Gasteiger partial charge in [0.25, 0.3) is 0 Å². The predicted octanol–water partition coefficient (Wildman–Crippen LogP) is 3.23. The maximum atomic E-state index is 3.66. The molecule has 0 amide bonds. The molecule has 0 spiro atoms. The smallest absolute Gasteiger partial charge is 0.00726 e. The molecule has 0 aromatic carbocycles. The lowest BCUT2D eigenvalue weighted by Gasteiger charge is -2.37. The fourth-order valence-corrected chi connectivity index (χ4v) is 3.55. The molecule has 0 aromatic heterocycles. The van der Waals surface area contributed by atoms with E-state index in [4.69, 9.17) is 0 Å². The SMILES string of the molecule is CCC(CC)(CNC(C)C)CN1CCCSCC1. The van der Waals surface area contributed by atoms with Crippen LogP contribution in [-0.2, 0) is 0 Å². The Morgan fingerprint density at radius 3 is 2.50 bits per heavy atom. The van der Waals surface area contributed by atoms with Crippen LogP contribution in [0.5, 0.6) is 0 Å². The first-order valence-corrected chi connectivity index (χ1v) is 8.81. The van der Waals surface area contributed by atoms with Crippen molar-refractivity contribution in [2.45, 2.75) is 53.0 Å². The van der Waals surface area contributed by atoms with Gasteiger partial charge in [0.15, 0.2) is 0 Å². The minimum absolute atomic E-state index is 0.472. The Labute approximate surface area is 118 Å². The lowest BCUT2D eigenvalue weighted by molar-refractivity contribution is 0.138. The Kier molecular flexibility index (Phi) is 7.66. The molecule has 1 N–H and O–H groups in total. The number of thioether (sulfide) groups is 1. The summed E-state index contributed by atoms with van der Waals surface area (Å²) in [5.41, 5.74) is 0.472. The van der Waals surface area contributed by atoms with E-state index in [0.717, 1.165) is 0 Å². The molecule has 1 aliphatic heterocycles. The highest BCUT2D eigenvalue weighted by Gasteiger charge is 2.29. The molecule has 0 radical (unpaired) electrons. The molecule has 3 heteroatoms. The molecule has 1 fully saturated rings. The average molecular weight is 273 g/mol. The molecule has 1 saturated heterocycles. The van der Waals surface area contributed by atoms with Crippen LogP contribution in [-0.4, -0.2) is 48.6 Å². The third kappa shape index (κ3) is 5.50. The highest BCUT2D eigenvalue weighted by molar-refractivity contribution is 7.99. The van der Waals surface area contributed by atoms with Gasteiger partial charge in [-0.05, 0) is 37.0 Å². The second kappa shape index (κ2) is 8.44. The Bertz CT molecular complexity index is 207. The first kappa shape index (κ1) is 16.3. The van der Waals surface area contributed by atoms with E-state index in [1.165, 1.54) is 56.9 Å². The zero-order chi connectivity index (χ0) is 13.4. The quantitative estimate of drug-likeness (QED) is 0.766. The normalized spacial score (nSPS) is 19.2. The summed E-state index contributed by atoms with van der Waals surface area (Å²) < 4.78 is 0. The average Bonchev–Trinajstić information content (AvgIpc) is 2.63. The van der Waals surface area contributed by atoms with Crippen molar-refractivity contribution in [1.29, 1.82) is 0 Å².